The molecule has 0 amide bonds. The van der Waals surface area contributed by atoms with E-state index in [1.165, 1.54) is 0 Å². The predicted molar refractivity (Wildman–Crippen MR) is 93.4 cm³/mol. The first kappa shape index (κ1) is 13.6. The lowest BCUT2D eigenvalue weighted by Gasteiger charge is -2.07. The third kappa shape index (κ3) is 2.36. The number of carbonyl (C=O) groups is 1. The molecule has 0 fully saturated rings. The first-order valence-electron chi connectivity index (χ1n) is 7.51. The van der Waals surface area contributed by atoms with Gasteiger partial charge in [0.15, 0.2) is 11.4 Å². The number of para-hydroxylation sites is 2. The second kappa shape index (κ2) is 5.29. The summed E-state index contributed by atoms with van der Waals surface area (Å²) in [6.07, 6.45) is 0. The first-order valence-corrected chi connectivity index (χ1v) is 7.51. The van der Waals surface area contributed by atoms with Crippen LogP contribution in [-0.4, -0.2) is 5.78 Å². The number of anilines is 2. The molecule has 4 rings (SSSR count). The fraction of sp³-hybridized carbons (Fsp3) is 0.0500. The molecule has 0 spiro atoms. The fourth-order valence-corrected chi connectivity index (χ4v) is 2.79. The van der Waals surface area contributed by atoms with Crippen molar-refractivity contribution in [2.75, 3.05) is 5.32 Å². The van der Waals surface area contributed by atoms with Crippen molar-refractivity contribution < 1.29 is 9.21 Å². The summed E-state index contributed by atoms with van der Waals surface area (Å²) in [7, 11) is 0. The number of hydrogen-bond acceptors (Lipinski definition) is 3. The lowest BCUT2D eigenvalue weighted by molar-refractivity contribution is 0.101. The van der Waals surface area contributed by atoms with E-state index >= 15 is 0 Å². The van der Waals surface area contributed by atoms with Crippen LogP contribution < -0.4 is 5.32 Å². The molecule has 1 N–H and O–H groups in total. The summed E-state index contributed by atoms with van der Waals surface area (Å²) >= 11 is 0. The molecular formula is C20H15NO2. The topological polar surface area (TPSA) is 42.2 Å². The van der Waals surface area contributed by atoms with Crippen LogP contribution in [0.1, 0.15) is 17.3 Å². The Morgan fingerprint density at radius 3 is 2.39 bits per heavy atom. The van der Waals surface area contributed by atoms with Crippen molar-refractivity contribution in [1.29, 1.82) is 0 Å². The molecule has 4 aromatic rings. The zero-order valence-corrected chi connectivity index (χ0v) is 12.7. The smallest absolute Gasteiger partial charge is 0.159 e. The SMILES string of the molecule is CC(=O)c1ccc(Nc2cccc3c2oc2ccccc23)cc1. The van der Waals surface area contributed by atoms with E-state index in [0.29, 0.717) is 5.56 Å². The van der Waals surface area contributed by atoms with Gasteiger partial charge in [0.05, 0.1) is 5.69 Å². The van der Waals surface area contributed by atoms with E-state index < -0.39 is 0 Å². The van der Waals surface area contributed by atoms with Gasteiger partial charge in [0, 0.05) is 22.0 Å². The number of furan rings is 1. The molecule has 0 aliphatic heterocycles. The van der Waals surface area contributed by atoms with Gasteiger partial charge in [-0.05, 0) is 43.3 Å². The summed E-state index contributed by atoms with van der Waals surface area (Å²) in [6.45, 7) is 1.57. The van der Waals surface area contributed by atoms with Crippen LogP contribution in [0.15, 0.2) is 71.1 Å². The number of fused-ring (bicyclic) bond motifs is 3. The third-order valence-corrected chi connectivity index (χ3v) is 3.97. The first-order chi connectivity index (χ1) is 11.2. The molecular weight excluding hydrogens is 286 g/mol. The molecule has 0 radical (unpaired) electrons. The lowest BCUT2D eigenvalue weighted by Crippen LogP contribution is -1.94. The van der Waals surface area contributed by atoms with Gasteiger partial charge in [0.25, 0.3) is 0 Å². The standard InChI is InChI=1S/C20H15NO2/c1-13(22)14-9-11-15(12-10-14)21-18-7-4-6-17-16-5-2-3-8-19(16)23-20(17)18/h2-12,21H,1H3. The maximum Gasteiger partial charge on any atom is 0.159 e. The molecule has 112 valence electrons. The van der Waals surface area contributed by atoms with Gasteiger partial charge in [-0.1, -0.05) is 30.3 Å². The van der Waals surface area contributed by atoms with Crippen LogP contribution in [0.25, 0.3) is 21.9 Å². The Hall–Kier alpha value is -3.07. The highest BCUT2D eigenvalue weighted by atomic mass is 16.3. The summed E-state index contributed by atoms with van der Waals surface area (Å²) in [5.41, 5.74) is 4.25. The summed E-state index contributed by atoms with van der Waals surface area (Å²) < 4.78 is 6.00. The van der Waals surface area contributed by atoms with Gasteiger partial charge >= 0.3 is 0 Å². The van der Waals surface area contributed by atoms with Crippen molar-refractivity contribution >= 4 is 39.1 Å². The van der Waals surface area contributed by atoms with E-state index in [-0.39, 0.29) is 5.78 Å². The van der Waals surface area contributed by atoms with Crippen LogP contribution in [0, 0.1) is 0 Å². The highest BCUT2D eigenvalue weighted by molar-refractivity contribution is 6.09. The molecule has 0 aliphatic rings. The maximum atomic E-state index is 11.4. The van der Waals surface area contributed by atoms with E-state index in [0.717, 1.165) is 33.3 Å². The van der Waals surface area contributed by atoms with Gasteiger partial charge in [-0.15, -0.1) is 0 Å². The van der Waals surface area contributed by atoms with E-state index in [9.17, 15) is 4.79 Å². The van der Waals surface area contributed by atoms with Crippen molar-refractivity contribution in [3.8, 4) is 0 Å². The van der Waals surface area contributed by atoms with Crippen LogP contribution >= 0.6 is 0 Å². The Morgan fingerprint density at radius 2 is 1.61 bits per heavy atom. The van der Waals surface area contributed by atoms with E-state index in [2.05, 4.69) is 17.4 Å². The molecule has 0 saturated carbocycles. The van der Waals surface area contributed by atoms with Crippen LogP contribution in [0.2, 0.25) is 0 Å². The molecule has 3 heteroatoms. The molecule has 0 saturated heterocycles. The molecule has 0 aliphatic carbocycles. The zero-order chi connectivity index (χ0) is 15.8. The van der Waals surface area contributed by atoms with Gasteiger partial charge in [-0.25, -0.2) is 0 Å². The average Bonchev–Trinajstić information content (AvgIpc) is 2.95. The minimum Gasteiger partial charge on any atom is -0.454 e. The normalized spacial score (nSPS) is 11.0. The highest BCUT2D eigenvalue weighted by Crippen LogP contribution is 2.34. The molecule has 0 atom stereocenters. The van der Waals surface area contributed by atoms with Crippen molar-refractivity contribution in [3.05, 3.63) is 72.3 Å². The minimum atomic E-state index is 0.0657. The van der Waals surface area contributed by atoms with E-state index in [4.69, 9.17) is 4.42 Å². The van der Waals surface area contributed by atoms with Crippen LogP contribution in [0.4, 0.5) is 11.4 Å². The van der Waals surface area contributed by atoms with Gasteiger partial charge in [-0.3, -0.25) is 4.79 Å². The second-order valence-electron chi connectivity index (χ2n) is 5.54. The lowest BCUT2D eigenvalue weighted by atomic mass is 10.1. The molecule has 0 unspecified atom stereocenters. The summed E-state index contributed by atoms with van der Waals surface area (Å²) in [4.78, 5) is 11.4. The van der Waals surface area contributed by atoms with E-state index in [1.54, 1.807) is 6.92 Å². The quantitative estimate of drug-likeness (QED) is 0.506. The number of ketones is 1. The summed E-state index contributed by atoms with van der Waals surface area (Å²) in [5, 5.41) is 5.57. The Bertz CT molecular complexity index is 1010. The Balaban J connectivity index is 1.78. The largest absolute Gasteiger partial charge is 0.454 e. The van der Waals surface area contributed by atoms with Crippen molar-refractivity contribution in [3.63, 3.8) is 0 Å². The number of rotatable bonds is 3. The van der Waals surface area contributed by atoms with Crippen molar-refractivity contribution in [2.45, 2.75) is 6.92 Å². The van der Waals surface area contributed by atoms with Gasteiger partial charge in [0.1, 0.15) is 5.58 Å². The Labute approximate surface area is 133 Å². The Kier molecular flexibility index (Phi) is 3.12. The maximum absolute atomic E-state index is 11.4. The summed E-state index contributed by atoms with van der Waals surface area (Å²) in [6, 6.07) is 21.5. The molecule has 3 nitrogen and oxygen atoms in total. The molecule has 1 aromatic heterocycles. The van der Waals surface area contributed by atoms with Gasteiger partial charge in [-0.2, -0.15) is 0 Å². The van der Waals surface area contributed by atoms with Crippen LogP contribution in [0.5, 0.6) is 0 Å². The number of benzene rings is 3. The van der Waals surface area contributed by atoms with Crippen molar-refractivity contribution in [1.82, 2.24) is 0 Å². The number of Topliss-reactive ketones (excluding diaryl/α,β-unsaturated/α-hetero) is 1. The zero-order valence-electron chi connectivity index (χ0n) is 12.7. The molecule has 0 bridgehead atoms. The minimum absolute atomic E-state index is 0.0657. The molecule has 1 heterocycles. The predicted octanol–water partition coefficient (Wildman–Crippen LogP) is 5.53. The Morgan fingerprint density at radius 1 is 0.870 bits per heavy atom. The van der Waals surface area contributed by atoms with Crippen LogP contribution in [0.3, 0.4) is 0 Å². The number of nitrogens with one attached hydrogen (secondary N) is 1. The third-order valence-electron chi connectivity index (χ3n) is 3.97. The van der Waals surface area contributed by atoms with E-state index in [1.807, 2.05) is 54.6 Å². The monoisotopic (exact) mass is 301 g/mol. The molecule has 3 aromatic carbocycles. The average molecular weight is 301 g/mol. The highest BCUT2D eigenvalue weighted by Gasteiger charge is 2.10. The van der Waals surface area contributed by atoms with Crippen LogP contribution in [-0.2, 0) is 0 Å². The molecule has 23 heavy (non-hydrogen) atoms. The fourth-order valence-electron chi connectivity index (χ4n) is 2.79. The van der Waals surface area contributed by atoms with Gasteiger partial charge in [0.2, 0.25) is 0 Å². The number of carbonyl (C=O) groups excluding carboxylic acids is 1. The second-order valence-corrected chi connectivity index (χ2v) is 5.54. The van der Waals surface area contributed by atoms with Gasteiger partial charge < -0.3 is 9.73 Å². The van der Waals surface area contributed by atoms with Crippen molar-refractivity contribution in [2.24, 2.45) is 0 Å². The number of hydrogen-bond donors (Lipinski definition) is 1. The summed E-state index contributed by atoms with van der Waals surface area (Å²) in [5.74, 6) is 0.0657.